The van der Waals surface area contributed by atoms with Crippen LogP contribution in [0.2, 0.25) is 5.02 Å². The smallest absolute Gasteiger partial charge is 0.147 e. The fourth-order valence-corrected chi connectivity index (χ4v) is 2.48. The van der Waals surface area contributed by atoms with Crippen LogP contribution in [0.3, 0.4) is 0 Å². The van der Waals surface area contributed by atoms with E-state index in [1.54, 1.807) is 0 Å². The first kappa shape index (κ1) is 13.6. The molecule has 1 heterocycles. The van der Waals surface area contributed by atoms with E-state index in [2.05, 4.69) is 22.1 Å². The van der Waals surface area contributed by atoms with Crippen LogP contribution in [0.4, 0.5) is 5.82 Å². The van der Waals surface area contributed by atoms with Gasteiger partial charge >= 0.3 is 0 Å². The van der Waals surface area contributed by atoms with Crippen molar-refractivity contribution in [3.8, 4) is 0 Å². The minimum Gasteiger partial charge on any atom is -0.355 e. The molecule has 0 radical (unpaired) electrons. The first-order valence-corrected chi connectivity index (χ1v) is 7.16. The third-order valence-electron chi connectivity index (χ3n) is 3.23. The van der Waals surface area contributed by atoms with Crippen LogP contribution >= 0.6 is 11.6 Å². The average molecular weight is 268 g/mol. The van der Waals surface area contributed by atoms with E-state index in [1.807, 2.05) is 19.3 Å². The highest BCUT2D eigenvalue weighted by Gasteiger charge is 2.25. The first-order chi connectivity index (χ1) is 8.74. The maximum atomic E-state index is 6.37. The molecule has 0 saturated heterocycles. The average Bonchev–Trinajstić information content (AvgIpc) is 3.13. The van der Waals surface area contributed by atoms with Crippen LogP contribution in [0.1, 0.15) is 31.7 Å². The summed E-state index contributed by atoms with van der Waals surface area (Å²) in [7, 11) is 1.93. The SMILES string of the molecule is CCCN(CC1CC1)c1ncc(CNC)cc1Cl. The minimum absolute atomic E-state index is 0.775. The van der Waals surface area contributed by atoms with E-state index in [9.17, 15) is 0 Å². The van der Waals surface area contributed by atoms with Gasteiger partial charge in [-0.3, -0.25) is 0 Å². The largest absolute Gasteiger partial charge is 0.355 e. The highest BCUT2D eigenvalue weighted by molar-refractivity contribution is 6.33. The van der Waals surface area contributed by atoms with Gasteiger partial charge in [-0.05, 0) is 43.9 Å². The number of pyridine rings is 1. The second-order valence-corrected chi connectivity index (χ2v) is 5.48. The highest BCUT2D eigenvalue weighted by Crippen LogP contribution is 2.33. The van der Waals surface area contributed by atoms with E-state index in [4.69, 9.17) is 11.6 Å². The number of rotatable bonds is 7. The molecule has 1 aromatic rings. The standard InChI is InChI=1S/C14H22ClN3/c1-3-6-18(10-11-4-5-11)14-13(15)7-12(8-16-2)9-17-14/h7,9,11,16H,3-6,8,10H2,1-2H3. The Bertz CT molecular complexity index is 391. The van der Waals surface area contributed by atoms with Gasteiger partial charge in [-0.1, -0.05) is 18.5 Å². The number of halogens is 1. The molecule has 0 aliphatic heterocycles. The van der Waals surface area contributed by atoms with Gasteiger partial charge in [0.25, 0.3) is 0 Å². The number of nitrogens with one attached hydrogen (secondary N) is 1. The lowest BCUT2D eigenvalue weighted by Gasteiger charge is -2.24. The van der Waals surface area contributed by atoms with E-state index >= 15 is 0 Å². The maximum Gasteiger partial charge on any atom is 0.147 e. The quantitative estimate of drug-likeness (QED) is 0.823. The minimum atomic E-state index is 0.775. The Labute approximate surface area is 115 Å². The number of aromatic nitrogens is 1. The Balaban J connectivity index is 2.12. The molecule has 4 heteroatoms. The second kappa shape index (κ2) is 6.39. The Morgan fingerprint density at radius 1 is 1.50 bits per heavy atom. The van der Waals surface area contributed by atoms with Crippen molar-refractivity contribution in [3.63, 3.8) is 0 Å². The van der Waals surface area contributed by atoms with E-state index in [0.29, 0.717) is 0 Å². The van der Waals surface area contributed by atoms with Gasteiger partial charge in [0.2, 0.25) is 0 Å². The molecule has 1 saturated carbocycles. The molecule has 0 aromatic carbocycles. The van der Waals surface area contributed by atoms with Crippen molar-refractivity contribution in [1.29, 1.82) is 0 Å². The fraction of sp³-hybridized carbons (Fsp3) is 0.643. The molecule has 2 rings (SSSR count). The normalized spacial score (nSPS) is 14.8. The molecule has 0 bridgehead atoms. The summed E-state index contributed by atoms with van der Waals surface area (Å²) >= 11 is 6.37. The third kappa shape index (κ3) is 3.59. The van der Waals surface area contributed by atoms with Gasteiger partial charge in [0.1, 0.15) is 5.82 Å². The second-order valence-electron chi connectivity index (χ2n) is 5.07. The van der Waals surface area contributed by atoms with Crippen LogP contribution in [0.25, 0.3) is 0 Å². The van der Waals surface area contributed by atoms with Gasteiger partial charge in [0, 0.05) is 25.8 Å². The zero-order chi connectivity index (χ0) is 13.0. The number of anilines is 1. The summed E-state index contributed by atoms with van der Waals surface area (Å²) in [4.78, 5) is 6.89. The summed E-state index contributed by atoms with van der Waals surface area (Å²) in [5, 5.41) is 3.89. The Morgan fingerprint density at radius 2 is 2.28 bits per heavy atom. The predicted octanol–water partition coefficient (Wildman–Crippen LogP) is 3.08. The summed E-state index contributed by atoms with van der Waals surface area (Å²) in [6.07, 6.45) is 5.77. The first-order valence-electron chi connectivity index (χ1n) is 6.78. The lowest BCUT2D eigenvalue weighted by atomic mass is 10.2. The van der Waals surface area contributed by atoms with Crippen LogP contribution in [0.5, 0.6) is 0 Å². The van der Waals surface area contributed by atoms with Crippen molar-refractivity contribution in [2.75, 3.05) is 25.0 Å². The Kier molecular flexibility index (Phi) is 4.84. The molecule has 0 unspecified atom stereocenters. The molecule has 0 spiro atoms. The van der Waals surface area contributed by atoms with Crippen molar-refractivity contribution < 1.29 is 0 Å². The molecule has 3 nitrogen and oxygen atoms in total. The van der Waals surface area contributed by atoms with Crippen molar-refractivity contribution in [1.82, 2.24) is 10.3 Å². The number of hydrogen-bond acceptors (Lipinski definition) is 3. The zero-order valence-corrected chi connectivity index (χ0v) is 12.0. The molecule has 1 aliphatic rings. The monoisotopic (exact) mass is 267 g/mol. The predicted molar refractivity (Wildman–Crippen MR) is 77.2 cm³/mol. The number of hydrogen-bond donors (Lipinski definition) is 1. The molecule has 1 aromatic heterocycles. The van der Waals surface area contributed by atoms with Gasteiger partial charge in [-0.15, -0.1) is 0 Å². The zero-order valence-electron chi connectivity index (χ0n) is 11.2. The van der Waals surface area contributed by atoms with Gasteiger partial charge < -0.3 is 10.2 Å². The molecule has 1 fully saturated rings. The van der Waals surface area contributed by atoms with E-state index in [1.165, 1.54) is 12.8 Å². The summed E-state index contributed by atoms with van der Waals surface area (Å²) < 4.78 is 0. The molecular weight excluding hydrogens is 246 g/mol. The van der Waals surface area contributed by atoms with Crippen molar-refractivity contribution in [2.45, 2.75) is 32.7 Å². The summed E-state index contributed by atoms with van der Waals surface area (Å²) in [5.41, 5.74) is 1.13. The lowest BCUT2D eigenvalue weighted by molar-refractivity contribution is 0.698. The van der Waals surface area contributed by atoms with Crippen LogP contribution in [-0.4, -0.2) is 25.1 Å². The van der Waals surface area contributed by atoms with Gasteiger partial charge in [0.05, 0.1) is 5.02 Å². The van der Waals surface area contributed by atoms with E-state index in [-0.39, 0.29) is 0 Å². The Hall–Kier alpha value is -0.800. The Morgan fingerprint density at radius 3 is 2.83 bits per heavy atom. The fourth-order valence-electron chi connectivity index (χ4n) is 2.17. The maximum absolute atomic E-state index is 6.37. The topological polar surface area (TPSA) is 28.2 Å². The summed E-state index contributed by atoms with van der Waals surface area (Å²) in [6.45, 7) is 5.15. The molecule has 1 aliphatic carbocycles. The van der Waals surface area contributed by atoms with E-state index in [0.717, 1.165) is 48.4 Å². The number of nitrogens with zero attached hydrogens (tertiary/aromatic N) is 2. The highest BCUT2D eigenvalue weighted by atomic mass is 35.5. The van der Waals surface area contributed by atoms with Crippen molar-refractivity contribution in [2.24, 2.45) is 5.92 Å². The van der Waals surface area contributed by atoms with Gasteiger partial charge in [-0.25, -0.2) is 4.98 Å². The molecule has 0 amide bonds. The van der Waals surface area contributed by atoms with Crippen molar-refractivity contribution in [3.05, 3.63) is 22.8 Å². The van der Waals surface area contributed by atoms with Crippen LogP contribution < -0.4 is 10.2 Å². The van der Waals surface area contributed by atoms with Gasteiger partial charge in [-0.2, -0.15) is 0 Å². The molecule has 1 N–H and O–H groups in total. The van der Waals surface area contributed by atoms with Crippen LogP contribution in [0.15, 0.2) is 12.3 Å². The van der Waals surface area contributed by atoms with E-state index < -0.39 is 0 Å². The molecular formula is C14H22ClN3. The summed E-state index contributed by atoms with van der Waals surface area (Å²) in [6, 6.07) is 2.02. The molecule has 0 atom stereocenters. The molecule has 100 valence electrons. The third-order valence-corrected chi connectivity index (χ3v) is 3.51. The van der Waals surface area contributed by atoms with Gasteiger partial charge in [0.15, 0.2) is 0 Å². The lowest BCUT2D eigenvalue weighted by Crippen LogP contribution is -2.27. The summed E-state index contributed by atoms with van der Waals surface area (Å²) in [5.74, 6) is 1.80. The van der Waals surface area contributed by atoms with Crippen molar-refractivity contribution >= 4 is 17.4 Å². The van der Waals surface area contributed by atoms with Crippen LogP contribution in [0, 0.1) is 5.92 Å². The van der Waals surface area contributed by atoms with Crippen LogP contribution in [-0.2, 0) is 6.54 Å². The molecule has 18 heavy (non-hydrogen) atoms.